The fourth-order valence-electron chi connectivity index (χ4n) is 4.85. The predicted octanol–water partition coefficient (Wildman–Crippen LogP) is 4.53. The minimum Gasteiger partial charge on any atom is -0.490 e. The average Bonchev–Trinajstić information content (AvgIpc) is 3.26. The second kappa shape index (κ2) is 7.59. The Bertz CT molecular complexity index is 1030. The van der Waals surface area contributed by atoms with Crippen LogP contribution in [0.4, 0.5) is 4.39 Å². The van der Waals surface area contributed by atoms with Crippen LogP contribution >= 0.6 is 0 Å². The minimum atomic E-state index is -0.294. The Labute approximate surface area is 175 Å². The van der Waals surface area contributed by atoms with Gasteiger partial charge in [-0.1, -0.05) is 18.2 Å². The molecule has 5 nitrogen and oxygen atoms in total. The molecule has 1 amide bonds. The highest BCUT2D eigenvalue weighted by molar-refractivity contribution is 5.96. The van der Waals surface area contributed by atoms with E-state index in [-0.39, 0.29) is 29.9 Å². The molecule has 5 rings (SSSR count). The first kappa shape index (κ1) is 18.9. The van der Waals surface area contributed by atoms with Crippen LogP contribution in [0.1, 0.15) is 41.7 Å². The van der Waals surface area contributed by atoms with Crippen LogP contribution in [0, 0.1) is 12.7 Å². The summed E-state index contributed by atoms with van der Waals surface area (Å²) in [5.74, 6) is 0.627. The molecule has 0 spiro atoms. The van der Waals surface area contributed by atoms with Crippen molar-refractivity contribution < 1.29 is 13.9 Å². The smallest absolute Gasteiger partial charge is 0.257 e. The van der Waals surface area contributed by atoms with E-state index in [9.17, 15) is 9.18 Å². The summed E-state index contributed by atoms with van der Waals surface area (Å²) in [6.07, 6.45) is 5.49. The molecule has 2 saturated heterocycles. The average molecular weight is 405 g/mol. The number of halogens is 1. The zero-order chi connectivity index (χ0) is 20.7. The lowest BCUT2D eigenvalue weighted by molar-refractivity contribution is 0.0358. The minimum absolute atomic E-state index is 0.0338. The number of hydrogen-bond donors (Lipinski definition) is 0. The van der Waals surface area contributed by atoms with Gasteiger partial charge in [0.2, 0.25) is 0 Å². The molecule has 2 unspecified atom stereocenters. The number of fused-ring (bicyclic) bond motifs is 2. The standard InChI is InChI=1S/C24H24FN3O2/c1-16-23(15-26-28(16)18-9-7-17(25)8-10-18)24(29)27-19-11-12-20(27)14-22(13-19)30-21-5-3-2-4-6-21/h2-10,15,19-20,22H,11-14H2,1H3. The van der Waals surface area contributed by atoms with E-state index in [0.29, 0.717) is 5.56 Å². The molecule has 0 aliphatic carbocycles. The third-order valence-corrected chi connectivity index (χ3v) is 6.28. The number of ether oxygens (including phenoxy) is 1. The number of rotatable bonds is 4. The van der Waals surface area contributed by atoms with Crippen molar-refractivity contribution in [3.8, 4) is 11.4 Å². The summed E-state index contributed by atoms with van der Waals surface area (Å²) in [7, 11) is 0. The molecule has 0 N–H and O–H groups in total. The number of aromatic nitrogens is 2. The maximum Gasteiger partial charge on any atom is 0.257 e. The zero-order valence-corrected chi connectivity index (χ0v) is 16.9. The van der Waals surface area contributed by atoms with Gasteiger partial charge in [0.1, 0.15) is 17.7 Å². The molecule has 2 aromatic carbocycles. The van der Waals surface area contributed by atoms with Crippen molar-refractivity contribution >= 4 is 5.91 Å². The number of carbonyl (C=O) groups excluding carboxylic acids is 1. The van der Waals surface area contributed by atoms with Crippen molar-refractivity contribution in [1.82, 2.24) is 14.7 Å². The lowest BCUT2D eigenvalue weighted by Gasteiger charge is -2.38. The summed E-state index contributed by atoms with van der Waals surface area (Å²) >= 11 is 0. The molecule has 2 aliphatic rings. The van der Waals surface area contributed by atoms with Gasteiger partial charge in [-0.25, -0.2) is 9.07 Å². The van der Waals surface area contributed by atoms with Gasteiger partial charge >= 0.3 is 0 Å². The van der Waals surface area contributed by atoms with Gasteiger partial charge in [0.15, 0.2) is 0 Å². The SMILES string of the molecule is Cc1c(C(=O)N2C3CCC2CC(Oc2ccccc2)C3)cnn1-c1ccc(F)cc1. The maximum absolute atomic E-state index is 13.4. The molecule has 3 heterocycles. The Hall–Kier alpha value is -3.15. The molecule has 30 heavy (non-hydrogen) atoms. The fourth-order valence-corrected chi connectivity index (χ4v) is 4.85. The second-order valence-corrected chi connectivity index (χ2v) is 8.15. The van der Waals surface area contributed by atoms with Gasteiger partial charge in [-0.15, -0.1) is 0 Å². The third-order valence-electron chi connectivity index (χ3n) is 6.28. The molecule has 3 aromatic rings. The molecule has 2 aliphatic heterocycles. The Balaban J connectivity index is 1.33. The first-order chi connectivity index (χ1) is 14.6. The quantitative estimate of drug-likeness (QED) is 0.641. The summed E-state index contributed by atoms with van der Waals surface area (Å²) in [5, 5.41) is 4.39. The predicted molar refractivity (Wildman–Crippen MR) is 111 cm³/mol. The molecule has 0 radical (unpaired) electrons. The Morgan fingerprint density at radius 1 is 1.03 bits per heavy atom. The Morgan fingerprint density at radius 3 is 2.37 bits per heavy atom. The highest BCUT2D eigenvalue weighted by atomic mass is 19.1. The van der Waals surface area contributed by atoms with E-state index < -0.39 is 0 Å². The van der Waals surface area contributed by atoms with Gasteiger partial charge in [0, 0.05) is 24.9 Å². The molecule has 154 valence electrons. The maximum atomic E-state index is 13.4. The van der Waals surface area contributed by atoms with Gasteiger partial charge < -0.3 is 9.64 Å². The number of hydrogen-bond acceptors (Lipinski definition) is 3. The monoisotopic (exact) mass is 405 g/mol. The number of para-hydroxylation sites is 1. The first-order valence-corrected chi connectivity index (χ1v) is 10.4. The topological polar surface area (TPSA) is 47.4 Å². The number of benzene rings is 2. The summed E-state index contributed by atoms with van der Waals surface area (Å²) in [6, 6.07) is 16.4. The van der Waals surface area contributed by atoms with Crippen LogP contribution in [0.25, 0.3) is 5.69 Å². The van der Waals surface area contributed by atoms with E-state index in [1.807, 2.05) is 42.2 Å². The van der Waals surface area contributed by atoms with Crippen molar-refractivity contribution in [1.29, 1.82) is 0 Å². The van der Waals surface area contributed by atoms with Crippen LogP contribution in [0.2, 0.25) is 0 Å². The highest BCUT2D eigenvalue weighted by Crippen LogP contribution is 2.38. The molecule has 2 atom stereocenters. The van der Waals surface area contributed by atoms with Crippen LogP contribution in [-0.2, 0) is 0 Å². The Kier molecular flexibility index (Phi) is 4.77. The van der Waals surface area contributed by atoms with Crippen LogP contribution in [-0.4, -0.2) is 38.8 Å². The molecule has 1 aromatic heterocycles. The van der Waals surface area contributed by atoms with Gasteiger partial charge in [-0.2, -0.15) is 5.10 Å². The molecule has 6 heteroatoms. The lowest BCUT2D eigenvalue weighted by Crippen LogP contribution is -2.49. The van der Waals surface area contributed by atoms with E-state index >= 15 is 0 Å². The fraction of sp³-hybridized carbons (Fsp3) is 0.333. The normalized spacial score (nSPS) is 22.9. The summed E-state index contributed by atoms with van der Waals surface area (Å²) in [4.78, 5) is 15.5. The van der Waals surface area contributed by atoms with Gasteiger partial charge in [-0.05, 0) is 56.2 Å². The van der Waals surface area contributed by atoms with E-state index in [4.69, 9.17) is 4.74 Å². The summed E-state index contributed by atoms with van der Waals surface area (Å²) in [6.45, 7) is 1.89. The molecule has 0 saturated carbocycles. The highest BCUT2D eigenvalue weighted by Gasteiger charge is 2.44. The summed E-state index contributed by atoms with van der Waals surface area (Å²) in [5.41, 5.74) is 2.12. The molecular weight excluding hydrogens is 381 g/mol. The van der Waals surface area contributed by atoms with Crippen LogP contribution < -0.4 is 4.74 Å². The van der Waals surface area contributed by atoms with E-state index in [1.54, 1.807) is 23.0 Å². The number of piperidine rings is 1. The van der Waals surface area contributed by atoms with Gasteiger partial charge in [0.25, 0.3) is 5.91 Å². The third kappa shape index (κ3) is 3.36. The molecule has 2 fully saturated rings. The van der Waals surface area contributed by atoms with E-state index in [2.05, 4.69) is 5.10 Å². The van der Waals surface area contributed by atoms with Crippen molar-refractivity contribution in [2.75, 3.05) is 0 Å². The molecule has 2 bridgehead atoms. The van der Waals surface area contributed by atoms with E-state index in [0.717, 1.165) is 42.8 Å². The van der Waals surface area contributed by atoms with Crippen LogP contribution in [0.5, 0.6) is 5.75 Å². The lowest BCUT2D eigenvalue weighted by atomic mass is 9.98. The zero-order valence-electron chi connectivity index (χ0n) is 16.9. The first-order valence-electron chi connectivity index (χ1n) is 10.4. The van der Waals surface area contributed by atoms with E-state index in [1.165, 1.54) is 12.1 Å². The van der Waals surface area contributed by atoms with Crippen LogP contribution in [0.3, 0.4) is 0 Å². The van der Waals surface area contributed by atoms with Crippen molar-refractivity contribution in [3.05, 3.63) is 77.9 Å². The van der Waals surface area contributed by atoms with Gasteiger partial charge in [-0.3, -0.25) is 4.79 Å². The number of nitrogens with zero attached hydrogens (tertiary/aromatic N) is 3. The largest absolute Gasteiger partial charge is 0.490 e. The van der Waals surface area contributed by atoms with Crippen LogP contribution in [0.15, 0.2) is 60.8 Å². The van der Waals surface area contributed by atoms with Crippen molar-refractivity contribution in [3.63, 3.8) is 0 Å². The number of amides is 1. The summed E-state index contributed by atoms with van der Waals surface area (Å²) < 4.78 is 21.1. The second-order valence-electron chi connectivity index (χ2n) is 8.15. The number of carbonyl (C=O) groups is 1. The van der Waals surface area contributed by atoms with Gasteiger partial charge in [0.05, 0.1) is 23.1 Å². The van der Waals surface area contributed by atoms with Crippen molar-refractivity contribution in [2.45, 2.75) is 50.8 Å². The van der Waals surface area contributed by atoms with Crippen molar-refractivity contribution in [2.24, 2.45) is 0 Å². The molecular formula is C24H24FN3O2. The Morgan fingerprint density at radius 2 is 1.70 bits per heavy atom.